The van der Waals surface area contributed by atoms with Gasteiger partial charge >= 0.3 is 0 Å². The molecule has 0 spiro atoms. The van der Waals surface area contributed by atoms with Crippen LogP contribution in [0.1, 0.15) is 39.0 Å². The molecular weight excluding hydrogens is 218 g/mol. The lowest BCUT2D eigenvalue weighted by atomic mass is 9.92. The number of nitrogens with one attached hydrogen (secondary N) is 1. The van der Waals surface area contributed by atoms with Crippen molar-refractivity contribution in [1.82, 2.24) is 5.32 Å². The van der Waals surface area contributed by atoms with Crippen molar-refractivity contribution in [3.8, 4) is 0 Å². The van der Waals surface area contributed by atoms with Crippen LogP contribution in [0.25, 0.3) is 0 Å². The fourth-order valence-electron chi connectivity index (χ4n) is 1.98. The van der Waals surface area contributed by atoms with Crippen LogP contribution in [-0.2, 0) is 9.53 Å². The molecule has 0 bridgehead atoms. The van der Waals surface area contributed by atoms with Crippen LogP contribution < -0.4 is 5.32 Å². The summed E-state index contributed by atoms with van der Waals surface area (Å²) in [6, 6.07) is -0.110. The molecule has 1 rings (SSSR count). The number of amides is 1. The van der Waals surface area contributed by atoms with Crippen LogP contribution in [0.2, 0.25) is 0 Å². The normalized spacial score (nSPS) is 26.2. The molecule has 2 N–H and O–H groups in total. The topological polar surface area (TPSA) is 58.6 Å². The number of hydrogen-bond acceptors (Lipinski definition) is 3. The van der Waals surface area contributed by atoms with Gasteiger partial charge in [0.1, 0.15) is 6.10 Å². The first kappa shape index (κ1) is 14.2. The molecule has 17 heavy (non-hydrogen) atoms. The van der Waals surface area contributed by atoms with Crippen molar-refractivity contribution in [3.05, 3.63) is 12.7 Å². The summed E-state index contributed by atoms with van der Waals surface area (Å²) < 4.78 is 5.36. The van der Waals surface area contributed by atoms with E-state index in [-0.39, 0.29) is 11.9 Å². The second kappa shape index (κ2) is 7.45. The molecular formula is C13H23NO3. The minimum Gasteiger partial charge on any atom is -0.391 e. The lowest BCUT2D eigenvalue weighted by Gasteiger charge is -2.29. The predicted octanol–water partition coefficient (Wildman–Crippen LogP) is 1.39. The van der Waals surface area contributed by atoms with E-state index in [2.05, 4.69) is 11.9 Å². The third-order valence-electron chi connectivity index (χ3n) is 3.12. The summed E-state index contributed by atoms with van der Waals surface area (Å²) in [5.74, 6) is -0.139. The number of carbonyl (C=O) groups excluding carboxylic acids is 1. The average molecular weight is 241 g/mol. The second-order valence-electron chi connectivity index (χ2n) is 4.56. The summed E-state index contributed by atoms with van der Waals surface area (Å²) in [4.78, 5) is 11.8. The SMILES string of the molecule is C=CCCOC(C)C(=O)NC1CCCCC1O. The van der Waals surface area contributed by atoms with Gasteiger partial charge in [0, 0.05) is 0 Å². The maximum absolute atomic E-state index is 11.8. The lowest BCUT2D eigenvalue weighted by molar-refractivity contribution is -0.133. The molecule has 0 saturated heterocycles. The van der Waals surface area contributed by atoms with Gasteiger partial charge in [-0.3, -0.25) is 4.79 Å². The summed E-state index contributed by atoms with van der Waals surface area (Å²) in [5.41, 5.74) is 0. The fraction of sp³-hybridized carbons (Fsp3) is 0.769. The third-order valence-corrected chi connectivity index (χ3v) is 3.12. The van der Waals surface area contributed by atoms with Gasteiger partial charge in [0.05, 0.1) is 18.8 Å². The Kier molecular flexibility index (Phi) is 6.22. The summed E-state index contributed by atoms with van der Waals surface area (Å²) in [5, 5.41) is 12.6. The molecule has 1 saturated carbocycles. The van der Waals surface area contributed by atoms with Crippen molar-refractivity contribution in [2.45, 2.75) is 57.3 Å². The van der Waals surface area contributed by atoms with Gasteiger partial charge in [0.25, 0.3) is 0 Å². The van der Waals surface area contributed by atoms with Crippen molar-refractivity contribution < 1.29 is 14.6 Å². The number of carbonyl (C=O) groups is 1. The summed E-state index contributed by atoms with van der Waals surface area (Å²) in [6.07, 6.45) is 5.35. The van der Waals surface area contributed by atoms with Gasteiger partial charge in [-0.1, -0.05) is 18.9 Å². The highest BCUT2D eigenvalue weighted by Crippen LogP contribution is 2.18. The van der Waals surface area contributed by atoms with E-state index in [9.17, 15) is 9.90 Å². The number of hydrogen-bond donors (Lipinski definition) is 2. The van der Waals surface area contributed by atoms with E-state index in [1.807, 2.05) is 0 Å². The van der Waals surface area contributed by atoms with Crippen LogP contribution in [0.3, 0.4) is 0 Å². The minimum atomic E-state index is -0.468. The molecule has 4 heteroatoms. The van der Waals surface area contributed by atoms with Gasteiger partial charge in [-0.05, 0) is 26.2 Å². The smallest absolute Gasteiger partial charge is 0.249 e. The van der Waals surface area contributed by atoms with E-state index < -0.39 is 12.2 Å². The molecule has 0 radical (unpaired) electrons. The van der Waals surface area contributed by atoms with E-state index >= 15 is 0 Å². The van der Waals surface area contributed by atoms with Gasteiger partial charge in [0.2, 0.25) is 5.91 Å². The Morgan fingerprint density at radius 3 is 2.94 bits per heavy atom. The molecule has 3 atom stereocenters. The summed E-state index contributed by atoms with van der Waals surface area (Å²) in [7, 11) is 0. The van der Waals surface area contributed by atoms with Crippen molar-refractivity contribution in [2.24, 2.45) is 0 Å². The highest BCUT2D eigenvalue weighted by atomic mass is 16.5. The van der Waals surface area contributed by atoms with Crippen molar-refractivity contribution in [3.63, 3.8) is 0 Å². The molecule has 4 nitrogen and oxygen atoms in total. The second-order valence-corrected chi connectivity index (χ2v) is 4.56. The van der Waals surface area contributed by atoms with E-state index in [4.69, 9.17) is 4.74 Å². The lowest BCUT2D eigenvalue weighted by Crippen LogP contribution is -2.48. The standard InChI is InChI=1S/C13H23NO3/c1-3-4-9-17-10(2)13(16)14-11-7-5-6-8-12(11)15/h3,10-12,15H,1,4-9H2,2H3,(H,14,16). The Balaban J connectivity index is 2.28. The van der Waals surface area contributed by atoms with Gasteiger partial charge in [0.15, 0.2) is 0 Å². The Bertz CT molecular complexity index is 255. The first-order valence-corrected chi connectivity index (χ1v) is 6.36. The van der Waals surface area contributed by atoms with E-state index in [0.29, 0.717) is 6.61 Å². The van der Waals surface area contributed by atoms with Crippen LogP contribution in [-0.4, -0.2) is 35.9 Å². The molecule has 0 aromatic rings. The summed E-state index contributed by atoms with van der Waals surface area (Å²) in [6.45, 7) is 5.83. The van der Waals surface area contributed by atoms with Crippen LogP contribution in [0.4, 0.5) is 0 Å². The van der Waals surface area contributed by atoms with Crippen LogP contribution in [0, 0.1) is 0 Å². The third kappa shape index (κ3) is 4.88. The maximum Gasteiger partial charge on any atom is 0.249 e. The van der Waals surface area contributed by atoms with Gasteiger partial charge in [-0.25, -0.2) is 0 Å². The predicted molar refractivity (Wildman–Crippen MR) is 66.6 cm³/mol. The molecule has 0 aromatic heterocycles. The molecule has 0 aliphatic heterocycles. The Morgan fingerprint density at radius 2 is 2.29 bits per heavy atom. The average Bonchev–Trinajstić information content (AvgIpc) is 2.32. The van der Waals surface area contributed by atoms with Crippen LogP contribution in [0.15, 0.2) is 12.7 Å². The number of ether oxygens (including phenoxy) is 1. The first-order chi connectivity index (χ1) is 8.15. The van der Waals surface area contributed by atoms with Crippen LogP contribution >= 0.6 is 0 Å². The van der Waals surface area contributed by atoms with E-state index in [1.54, 1.807) is 13.0 Å². The Labute approximate surface area is 103 Å². The van der Waals surface area contributed by atoms with Crippen LogP contribution in [0.5, 0.6) is 0 Å². The Morgan fingerprint density at radius 1 is 1.59 bits per heavy atom. The molecule has 0 aromatic carbocycles. The van der Waals surface area contributed by atoms with Gasteiger partial charge in [-0.15, -0.1) is 6.58 Å². The zero-order chi connectivity index (χ0) is 12.7. The van der Waals surface area contributed by atoms with E-state index in [1.165, 1.54) is 0 Å². The number of rotatable bonds is 6. The number of aliphatic hydroxyl groups is 1. The summed E-state index contributed by atoms with van der Waals surface area (Å²) >= 11 is 0. The molecule has 1 fully saturated rings. The molecule has 98 valence electrons. The zero-order valence-corrected chi connectivity index (χ0v) is 10.5. The van der Waals surface area contributed by atoms with Crippen molar-refractivity contribution >= 4 is 5.91 Å². The highest BCUT2D eigenvalue weighted by molar-refractivity contribution is 5.80. The zero-order valence-electron chi connectivity index (χ0n) is 10.5. The maximum atomic E-state index is 11.8. The fourth-order valence-corrected chi connectivity index (χ4v) is 1.98. The monoisotopic (exact) mass is 241 g/mol. The van der Waals surface area contributed by atoms with Gasteiger partial charge < -0.3 is 15.2 Å². The first-order valence-electron chi connectivity index (χ1n) is 6.36. The quantitative estimate of drug-likeness (QED) is 0.545. The molecule has 1 aliphatic carbocycles. The number of aliphatic hydroxyl groups excluding tert-OH is 1. The van der Waals surface area contributed by atoms with Crippen molar-refractivity contribution in [2.75, 3.05) is 6.61 Å². The molecule has 0 heterocycles. The van der Waals surface area contributed by atoms with Crippen molar-refractivity contribution in [1.29, 1.82) is 0 Å². The molecule has 3 unspecified atom stereocenters. The van der Waals surface area contributed by atoms with E-state index in [0.717, 1.165) is 32.1 Å². The molecule has 1 aliphatic rings. The minimum absolute atomic E-state index is 0.110. The largest absolute Gasteiger partial charge is 0.391 e. The highest BCUT2D eigenvalue weighted by Gasteiger charge is 2.26. The van der Waals surface area contributed by atoms with Gasteiger partial charge in [-0.2, -0.15) is 0 Å². The molecule has 1 amide bonds. The Hall–Kier alpha value is -0.870.